The SMILES string of the molecule is CC1CCCCC1NCc1cc[nH]c1. The Morgan fingerprint density at radius 3 is 3.00 bits per heavy atom. The highest BCUT2D eigenvalue weighted by molar-refractivity contribution is 5.07. The molecule has 78 valence electrons. The van der Waals surface area contributed by atoms with Crippen LogP contribution in [0.5, 0.6) is 0 Å². The summed E-state index contributed by atoms with van der Waals surface area (Å²) < 4.78 is 0. The summed E-state index contributed by atoms with van der Waals surface area (Å²) in [5.41, 5.74) is 1.36. The van der Waals surface area contributed by atoms with Gasteiger partial charge in [-0.3, -0.25) is 0 Å². The minimum absolute atomic E-state index is 0.735. The Labute approximate surface area is 86.1 Å². The minimum atomic E-state index is 0.735. The third kappa shape index (κ3) is 2.38. The van der Waals surface area contributed by atoms with Gasteiger partial charge < -0.3 is 10.3 Å². The van der Waals surface area contributed by atoms with E-state index in [4.69, 9.17) is 0 Å². The molecule has 2 atom stereocenters. The quantitative estimate of drug-likeness (QED) is 0.757. The number of aromatic amines is 1. The van der Waals surface area contributed by atoms with Gasteiger partial charge in [0, 0.05) is 25.0 Å². The van der Waals surface area contributed by atoms with Crippen molar-refractivity contribution in [2.75, 3.05) is 0 Å². The molecule has 2 rings (SSSR count). The predicted octanol–water partition coefficient (Wildman–Crippen LogP) is 2.68. The average molecular weight is 192 g/mol. The zero-order chi connectivity index (χ0) is 9.80. The maximum absolute atomic E-state index is 3.65. The molecule has 0 aromatic carbocycles. The van der Waals surface area contributed by atoms with Gasteiger partial charge in [-0.15, -0.1) is 0 Å². The topological polar surface area (TPSA) is 27.8 Å². The highest BCUT2D eigenvalue weighted by atomic mass is 14.9. The summed E-state index contributed by atoms with van der Waals surface area (Å²) in [7, 11) is 0. The molecule has 0 spiro atoms. The van der Waals surface area contributed by atoms with Crippen LogP contribution >= 0.6 is 0 Å². The van der Waals surface area contributed by atoms with Crippen molar-refractivity contribution in [3.05, 3.63) is 24.0 Å². The van der Waals surface area contributed by atoms with Crippen molar-refractivity contribution in [3.63, 3.8) is 0 Å². The first-order valence-electron chi connectivity index (χ1n) is 5.71. The molecule has 1 aromatic heterocycles. The van der Waals surface area contributed by atoms with E-state index in [0.29, 0.717) is 0 Å². The van der Waals surface area contributed by atoms with Crippen LogP contribution in [0, 0.1) is 5.92 Å². The number of aromatic nitrogens is 1. The number of H-pyrrole nitrogens is 1. The lowest BCUT2D eigenvalue weighted by atomic mass is 9.86. The van der Waals surface area contributed by atoms with Crippen LogP contribution in [0.4, 0.5) is 0 Å². The summed E-state index contributed by atoms with van der Waals surface area (Å²) in [4.78, 5) is 3.09. The van der Waals surface area contributed by atoms with Crippen molar-refractivity contribution in [1.29, 1.82) is 0 Å². The van der Waals surface area contributed by atoms with E-state index in [0.717, 1.165) is 18.5 Å². The fourth-order valence-electron chi connectivity index (χ4n) is 2.34. The Bertz CT molecular complexity index is 253. The molecule has 0 aliphatic heterocycles. The maximum Gasteiger partial charge on any atom is 0.0223 e. The molecule has 2 nitrogen and oxygen atoms in total. The molecule has 14 heavy (non-hydrogen) atoms. The van der Waals surface area contributed by atoms with Gasteiger partial charge in [-0.05, 0) is 30.4 Å². The largest absolute Gasteiger partial charge is 0.367 e. The standard InChI is InChI=1S/C12H20N2/c1-10-4-2-3-5-12(10)14-9-11-6-7-13-8-11/h6-8,10,12-14H,2-5,9H2,1H3. The van der Waals surface area contributed by atoms with Gasteiger partial charge in [0.2, 0.25) is 0 Å². The van der Waals surface area contributed by atoms with E-state index in [1.54, 1.807) is 0 Å². The number of nitrogens with one attached hydrogen (secondary N) is 2. The average Bonchev–Trinajstić information content (AvgIpc) is 2.69. The first kappa shape index (κ1) is 9.78. The first-order valence-corrected chi connectivity index (χ1v) is 5.71. The van der Waals surface area contributed by atoms with E-state index < -0.39 is 0 Å². The highest BCUT2D eigenvalue weighted by Crippen LogP contribution is 2.23. The van der Waals surface area contributed by atoms with Crippen LogP contribution in [0.1, 0.15) is 38.2 Å². The molecule has 1 aliphatic rings. The first-order chi connectivity index (χ1) is 6.86. The Morgan fingerprint density at radius 1 is 1.43 bits per heavy atom. The van der Waals surface area contributed by atoms with Gasteiger partial charge in [0.15, 0.2) is 0 Å². The Hall–Kier alpha value is -0.760. The molecular formula is C12H20N2. The van der Waals surface area contributed by atoms with Crippen LogP contribution in [0.3, 0.4) is 0 Å². The second-order valence-corrected chi connectivity index (χ2v) is 4.47. The van der Waals surface area contributed by atoms with E-state index in [1.807, 2.05) is 6.20 Å². The van der Waals surface area contributed by atoms with Gasteiger partial charge in [-0.1, -0.05) is 19.8 Å². The molecule has 0 amide bonds. The Kier molecular flexibility index (Phi) is 3.25. The molecule has 2 unspecified atom stereocenters. The molecule has 2 N–H and O–H groups in total. The molecule has 1 aromatic rings. The molecule has 2 heteroatoms. The molecule has 1 fully saturated rings. The van der Waals surface area contributed by atoms with Crippen LogP contribution in [-0.2, 0) is 6.54 Å². The van der Waals surface area contributed by atoms with E-state index in [-0.39, 0.29) is 0 Å². The lowest BCUT2D eigenvalue weighted by molar-refractivity contribution is 0.279. The van der Waals surface area contributed by atoms with Gasteiger partial charge in [-0.2, -0.15) is 0 Å². The molecule has 1 heterocycles. The van der Waals surface area contributed by atoms with Gasteiger partial charge in [0.25, 0.3) is 0 Å². The monoisotopic (exact) mass is 192 g/mol. The van der Waals surface area contributed by atoms with E-state index in [1.165, 1.54) is 31.2 Å². The zero-order valence-corrected chi connectivity index (χ0v) is 8.92. The molecule has 0 radical (unpaired) electrons. The van der Waals surface area contributed by atoms with Crippen molar-refractivity contribution in [1.82, 2.24) is 10.3 Å². The van der Waals surface area contributed by atoms with Gasteiger partial charge in [-0.25, -0.2) is 0 Å². The summed E-state index contributed by atoms with van der Waals surface area (Å²) in [6.45, 7) is 3.38. The Balaban J connectivity index is 1.79. The second kappa shape index (κ2) is 4.65. The van der Waals surface area contributed by atoms with Gasteiger partial charge >= 0.3 is 0 Å². The molecule has 1 aliphatic carbocycles. The fraction of sp³-hybridized carbons (Fsp3) is 0.667. The zero-order valence-electron chi connectivity index (χ0n) is 8.92. The second-order valence-electron chi connectivity index (χ2n) is 4.47. The van der Waals surface area contributed by atoms with Gasteiger partial charge in [0.1, 0.15) is 0 Å². The van der Waals surface area contributed by atoms with Crippen LogP contribution in [0.2, 0.25) is 0 Å². The fourth-order valence-corrected chi connectivity index (χ4v) is 2.34. The third-order valence-corrected chi connectivity index (χ3v) is 3.34. The van der Waals surface area contributed by atoms with E-state index >= 15 is 0 Å². The minimum Gasteiger partial charge on any atom is -0.367 e. The summed E-state index contributed by atoms with van der Waals surface area (Å²) >= 11 is 0. The summed E-state index contributed by atoms with van der Waals surface area (Å²) in [6, 6.07) is 2.87. The van der Waals surface area contributed by atoms with Crippen molar-refractivity contribution in [2.24, 2.45) is 5.92 Å². The van der Waals surface area contributed by atoms with Crippen molar-refractivity contribution < 1.29 is 0 Å². The van der Waals surface area contributed by atoms with Crippen LogP contribution in [0.15, 0.2) is 18.5 Å². The molecule has 0 bridgehead atoms. The number of hydrogen-bond acceptors (Lipinski definition) is 1. The lowest BCUT2D eigenvalue weighted by Gasteiger charge is -2.29. The molecule has 0 saturated heterocycles. The number of rotatable bonds is 3. The van der Waals surface area contributed by atoms with Crippen molar-refractivity contribution >= 4 is 0 Å². The van der Waals surface area contributed by atoms with Crippen LogP contribution in [-0.4, -0.2) is 11.0 Å². The van der Waals surface area contributed by atoms with Crippen LogP contribution < -0.4 is 5.32 Å². The normalized spacial score (nSPS) is 27.8. The highest BCUT2D eigenvalue weighted by Gasteiger charge is 2.20. The Morgan fingerprint density at radius 2 is 2.29 bits per heavy atom. The van der Waals surface area contributed by atoms with Gasteiger partial charge in [0.05, 0.1) is 0 Å². The number of hydrogen-bond donors (Lipinski definition) is 2. The summed E-state index contributed by atoms with van der Waals surface area (Å²) in [6.07, 6.45) is 9.62. The summed E-state index contributed by atoms with van der Waals surface area (Å²) in [5.74, 6) is 0.850. The van der Waals surface area contributed by atoms with E-state index in [2.05, 4.69) is 29.5 Å². The predicted molar refractivity (Wildman–Crippen MR) is 59.1 cm³/mol. The van der Waals surface area contributed by atoms with E-state index in [9.17, 15) is 0 Å². The smallest absolute Gasteiger partial charge is 0.0223 e. The van der Waals surface area contributed by atoms with Crippen molar-refractivity contribution in [3.8, 4) is 0 Å². The summed E-state index contributed by atoms with van der Waals surface area (Å²) in [5, 5.41) is 3.65. The van der Waals surface area contributed by atoms with Crippen LogP contribution in [0.25, 0.3) is 0 Å². The third-order valence-electron chi connectivity index (χ3n) is 3.34. The van der Waals surface area contributed by atoms with Crippen molar-refractivity contribution in [2.45, 2.75) is 45.2 Å². The molecular weight excluding hydrogens is 172 g/mol. The maximum atomic E-state index is 3.65. The molecule has 1 saturated carbocycles. The lowest BCUT2D eigenvalue weighted by Crippen LogP contribution is -2.36.